The van der Waals surface area contributed by atoms with Crippen molar-refractivity contribution in [3.63, 3.8) is 0 Å². The fourth-order valence-corrected chi connectivity index (χ4v) is 8.41. The van der Waals surface area contributed by atoms with Crippen LogP contribution in [0.15, 0.2) is 73.5 Å². The van der Waals surface area contributed by atoms with Crippen molar-refractivity contribution in [1.29, 1.82) is 0 Å². The van der Waals surface area contributed by atoms with Gasteiger partial charge < -0.3 is 64.4 Å². The van der Waals surface area contributed by atoms with Gasteiger partial charge in [-0.2, -0.15) is 0 Å². The molecular formula is C54H70Cl2N12O30. The molecule has 42 nitrogen and oxygen atoms in total. The zero-order valence-electron chi connectivity index (χ0n) is 52.0. The highest BCUT2D eigenvalue weighted by Crippen LogP contribution is 2.13. The number of imide groups is 2. The number of nitrogens with one attached hydrogen (secondary N) is 3. The van der Waals surface area contributed by atoms with Gasteiger partial charge >= 0.3 is 99.1 Å². The van der Waals surface area contributed by atoms with Gasteiger partial charge in [0.25, 0.3) is 0 Å². The van der Waals surface area contributed by atoms with E-state index in [0.717, 1.165) is 7.05 Å². The van der Waals surface area contributed by atoms with Crippen LogP contribution in [-0.2, 0) is 108 Å². The van der Waals surface area contributed by atoms with Gasteiger partial charge in [-0.25, -0.2) is 89.6 Å². The van der Waals surface area contributed by atoms with Gasteiger partial charge in [0.1, 0.15) is 76.3 Å². The molecule has 0 aliphatic rings. The van der Waals surface area contributed by atoms with Crippen LogP contribution in [0.4, 0.5) is 9.59 Å². The monoisotopic (exact) mass is 1440 g/mol. The Labute approximate surface area is 557 Å². The second-order valence-electron chi connectivity index (χ2n) is 20.7. The van der Waals surface area contributed by atoms with Crippen LogP contribution in [0, 0.1) is 0 Å². The maximum Gasteiger partial charge on any atom is 0.336 e. The van der Waals surface area contributed by atoms with Gasteiger partial charge in [0.2, 0.25) is 6.41 Å². The fraction of sp³-hybridized carbons (Fsp3) is 0.556. The average Bonchev–Trinajstić information content (AvgIpc) is 0.784. The van der Waals surface area contributed by atoms with Crippen LogP contribution < -0.4 is 56.5 Å². The summed E-state index contributed by atoms with van der Waals surface area (Å²) in [4.78, 5) is 235. The number of carbonyl (C=O) groups is 9. The van der Waals surface area contributed by atoms with E-state index in [1.54, 1.807) is 30.3 Å². The number of carbonyl (C=O) groups excluding carboxylic acids is 9. The van der Waals surface area contributed by atoms with Gasteiger partial charge in [0, 0.05) is 46.3 Å². The molecule has 3 aromatic heterocycles. The molecule has 44 heteroatoms. The number of aliphatic hydroxyl groups excluding tert-OH is 6. The molecule has 0 spiro atoms. The molecular weight excluding hydrogens is 1370 g/mol. The van der Waals surface area contributed by atoms with Gasteiger partial charge in [-0.1, -0.05) is 30.3 Å². The Balaban J connectivity index is 1.49. The second-order valence-corrected chi connectivity index (χ2v) is 21.3. The lowest BCUT2D eigenvalue weighted by Crippen LogP contribution is -2.57. The van der Waals surface area contributed by atoms with Gasteiger partial charge in [-0.15, -0.1) is 23.2 Å². The van der Waals surface area contributed by atoms with E-state index in [0.29, 0.717) is 33.6 Å². The van der Waals surface area contributed by atoms with Crippen LogP contribution >= 0.6 is 23.2 Å². The van der Waals surface area contributed by atoms with Crippen LogP contribution in [0.5, 0.6) is 0 Å². The summed E-state index contributed by atoms with van der Waals surface area (Å²) in [6.45, 7) is -12.5. The first-order valence-electron chi connectivity index (χ1n) is 29.2. The molecule has 3 heterocycles. The van der Waals surface area contributed by atoms with Crippen LogP contribution in [-0.4, -0.2) is 239 Å². The van der Waals surface area contributed by atoms with Crippen LogP contribution in [0.2, 0.25) is 0 Å². The summed E-state index contributed by atoms with van der Waals surface area (Å²) in [6, 6.07) is 5.61. The number of esters is 6. The number of ether oxygens (including phenoxy) is 6. The van der Waals surface area contributed by atoms with E-state index < -0.39 is 273 Å². The number of urea groups is 2. The van der Waals surface area contributed by atoms with Crippen molar-refractivity contribution in [2.24, 2.45) is 0 Å². The highest BCUT2D eigenvalue weighted by atomic mass is 35.5. The number of aromatic nitrogens is 9. The molecule has 98 heavy (non-hydrogen) atoms. The number of aromatic amines is 2. The molecule has 0 fully saturated rings. The lowest BCUT2D eigenvalue weighted by atomic mass is 10.1. The SMILES string of the molecule is CNC(=O)N(CCC(=O)OCC(O)Cn1c(=O)n(CC(O)COC(=O)CCn2c(=O)[nH]c(=O)n(CCC(=O)OCC(O)CCl)c2=O)c(=O)n(CC(O)COC(=O)CCn2c(=O)[nH]c(=O)n(CCC(=O)OCC(O)CCl)c2=O)c1=O)C(=O)N(C=O)CCC(=O)OCC(O)c1ccccc1. The van der Waals surface area contributed by atoms with Crippen molar-refractivity contribution in [2.45, 2.75) is 121 Å². The number of benzene rings is 1. The minimum Gasteiger partial charge on any atom is -0.463 e. The molecule has 6 unspecified atom stereocenters. The minimum absolute atomic E-state index is 0.0233. The molecule has 0 saturated heterocycles. The van der Waals surface area contributed by atoms with E-state index in [1.807, 2.05) is 9.97 Å². The number of H-pyrrole nitrogens is 2. The molecule has 0 saturated carbocycles. The van der Waals surface area contributed by atoms with Gasteiger partial charge in [-0.05, 0) is 5.56 Å². The number of hydrogen-bond acceptors (Lipinski definition) is 30. The van der Waals surface area contributed by atoms with Gasteiger partial charge in [0.15, 0.2) is 0 Å². The van der Waals surface area contributed by atoms with E-state index in [9.17, 15) is 117 Å². The minimum atomic E-state index is -2.06. The molecule has 4 rings (SSSR count). The highest BCUT2D eigenvalue weighted by Gasteiger charge is 2.29. The Morgan fingerprint density at radius 3 is 1.06 bits per heavy atom. The number of hydrogen-bond donors (Lipinski definition) is 9. The third kappa shape index (κ3) is 24.9. The largest absolute Gasteiger partial charge is 0.463 e. The smallest absolute Gasteiger partial charge is 0.336 e. The summed E-state index contributed by atoms with van der Waals surface area (Å²) >= 11 is 10.9. The third-order valence-corrected chi connectivity index (χ3v) is 14.1. The Morgan fingerprint density at radius 2 is 0.745 bits per heavy atom. The van der Waals surface area contributed by atoms with E-state index in [1.165, 1.54) is 0 Å². The summed E-state index contributed by atoms with van der Waals surface area (Å²) < 4.78 is 31.6. The lowest BCUT2D eigenvalue weighted by molar-refractivity contribution is -0.148. The Kier molecular flexibility index (Phi) is 32.8. The summed E-state index contributed by atoms with van der Waals surface area (Å²) in [7, 11) is 1.09. The normalized spacial score (nSPS) is 12.9. The molecule has 540 valence electrons. The van der Waals surface area contributed by atoms with E-state index in [4.69, 9.17) is 51.6 Å². The van der Waals surface area contributed by atoms with Crippen LogP contribution in [0.25, 0.3) is 0 Å². The predicted octanol–water partition coefficient (Wildman–Crippen LogP) is -8.57. The summed E-state index contributed by atoms with van der Waals surface area (Å²) in [5.41, 5.74) is -12.1. The zero-order valence-corrected chi connectivity index (χ0v) is 53.5. The number of amides is 5. The maximum atomic E-state index is 13.9. The summed E-state index contributed by atoms with van der Waals surface area (Å²) in [5, 5.41) is 64.4. The molecule has 4 aromatic rings. The van der Waals surface area contributed by atoms with Crippen molar-refractivity contribution >= 4 is 77.5 Å². The summed E-state index contributed by atoms with van der Waals surface area (Å²) in [6.07, 6.45) is -14.1. The number of nitrogens with zero attached hydrogens (tertiary/aromatic N) is 9. The third-order valence-electron chi connectivity index (χ3n) is 13.3. The zero-order chi connectivity index (χ0) is 72.9. The molecule has 5 amide bonds. The number of rotatable bonds is 40. The van der Waals surface area contributed by atoms with Gasteiger partial charge in [0.05, 0.1) is 69.9 Å². The molecule has 0 aliphatic carbocycles. The van der Waals surface area contributed by atoms with Crippen LogP contribution in [0.1, 0.15) is 50.2 Å². The Bertz CT molecular complexity index is 3840. The van der Waals surface area contributed by atoms with E-state index >= 15 is 0 Å². The second kappa shape index (κ2) is 39.9. The van der Waals surface area contributed by atoms with Crippen molar-refractivity contribution < 1.29 is 102 Å². The average molecular weight is 1440 g/mol. The van der Waals surface area contributed by atoms with E-state index in [2.05, 4.69) is 5.32 Å². The molecule has 0 radical (unpaired) electrons. The number of aliphatic hydroxyl groups is 6. The number of halogens is 2. The quantitative estimate of drug-likeness (QED) is 0.00864. The van der Waals surface area contributed by atoms with Crippen molar-refractivity contribution in [3.8, 4) is 0 Å². The highest BCUT2D eigenvalue weighted by molar-refractivity contribution is 6.18. The first-order valence-corrected chi connectivity index (χ1v) is 30.3. The predicted molar refractivity (Wildman–Crippen MR) is 326 cm³/mol. The van der Waals surface area contributed by atoms with E-state index in [-0.39, 0.29) is 31.9 Å². The Morgan fingerprint density at radius 1 is 0.449 bits per heavy atom. The topological polar surface area (TPSA) is 569 Å². The Hall–Kier alpha value is -9.98. The molecule has 9 N–H and O–H groups in total. The molecule has 0 aliphatic heterocycles. The maximum absolute atomic E-state index is 13.9. The first-order chi connectivity index (χ1) is 46.4. The fourth-order valence-electron chi connectivity index (χ4n) is 8.23. The lowest BCUT2D eigenvalue weighted by Gasteiger charge is -2.25. The van der Waals surface area contributed by atoms with Crippen LogP contribution in [0.3, 0.4) is 0 Å². The molecule has 1 aromatic carbocycles. The summed E-state index contributed by atoms with van der Waals surface area (Å²) in [5.74, 6) is -7.19. The van der Waals surface area contributed by atoms with Crippen molar-refractivity contribution in [2.75, 3.05) is 71.5 Å². The number of alkyl halides is 2. The first kappa shape index (κ1) is 80.5. The van der Waals surface area contributed by atoms with Gasteiger partial charge in [-0.3, -0.25) is 48.4 Å². The molecule has 6 atom stereocenters. The van der Waals surface area contributed by atoms with Crippen molar-refractivity contribution in [3.05, 3.63) is 130 Å². The van der Waals surface area contributed by atoms with Crippen molar-refractivity contribution in [1.82, 2.24) is 57.1 Å². The standard InChI is InChI=1S/C54H70Cl2N12O30/c1-57-44(82)61(49(87)60(30-69)13-7-38(76)98-29-37(75)31-5-3-2-4-6-31)14-8-41(79)95-26-34(72)21-66-52(90)67(22-35(73)27-96-42(80)11-17-64-47(85)58-45(83)62(50(64)88)15-9-39(77)93-24-32(70)19-55)54(92)68(53(66)91)23-36(74)28-97-43(81)12-18-65-48(86)59-46(84)63(51(65)89)16-10-40(78)94-25-33(71)20-56/h2-6,30,32-37,70-75H,7-29H2,1H3,(H,57,82)(H,58,83,85)(H,59,84,86). The molecule has 0 bridgehead atoms.